The molecule has 0 saturated carbocycles. The van der Waals surface area contributed by atoms with Gasteiger partial charge in [0.05, 0.1) is 0 Å². The Labute approximate surface area is 116 Å². The van der Waals surface area contributed by atoms with Crippen molar-refractivity contribution in [3.8, 4) is 0 Å². The van der Waals surface area contributed by atoms with Crippen LogP contribution in [0, 0.1) is 0 Å². The van der Waals surface area contributed by atoms with Crippen molar-refractivity contribution in [2.45, 2.75) is 19.3 Å². The molecule has 0 spiro atoms. The topological polar surface area (TPSA) is 17.1 Å². The number of hydrogen-bond acceptors (Lipinski definition) is 1. The number of unbranched alkanes of at least 4 members (excludes halogenated alkanes) is 1. The highest BCUT2D eigenvalue weighted by Crippen LogP contribution is 2.21. The summed E-state index contributed by atoms with van der Waals surface area (Å²) in [5, 5.41) is 2.25. The fourth-order valence-electron chi connectivity index (χ4n) is 1.94. The molecule has 0 aliphatic heterocycles. The molecule has 0 unspecified atom stereocenters. The number of carbonyl (C=O) groups excluding carboxylic acids is 1. The highest BCUT2D eigenvalue weighted by Gasteiger charge is 2.06. The van der Waals surface area contributed by atoms with Gasteiger partial charge in [-0.3, -0.25) is 4.79 Å². The molecule has 0 fully saturated rings. The van der Waals surface area contributed by atoms with E-state index in [1.165, 1.54) is 0 Å². The minimum absolute atomic E-state index is 0.210. The molecule has 0 N–H and O–H groups in total. The van der Waals surface area contributed by atoms with Gasteiger partial charge in [-0.05, 0) is 41.8 Å². The lowest BCUT2D eigenvalue weighted by atomic mass is 10.0. The highest BCUT2D eigenvalue weighted by molar-refractivity contribution is 9.10. The molecule has 0 aliphatic carbocycles. The van der Waals surface area contributed by atoms with Gasteiger partial charge < -0.3 is 0 Å². The standard InChI is InChI=1S/C16H15BrO/c1-2-3-4-5-16(18)14-7-6-13-11-15(17)9-8-12(13)10-14/h2,6-11H,1,3-5H2. The van der Waals surface area contributed by atoms with Gasteiger partial charge in [0.1, 0.15) is 0 Å². The van der Waals surface area contributed by atoms with Crippen molar-refractivity contribution < 1.29 is 4.79 Å². The Morgan fingerprint density at radius 3 is 2.67 bits per heavy atom. The number of rotatable bonds is 5. The maximum Gasteiger partial charge on any atom is 0.162 e. The molecule has 0 saturated heterocycles. The first-order chi connectivity index (χ1) is 8.70. The van der Waals surface area contributed by atoms with E-state index in [1.54, 1.807) is 0 Å². The van der Waals surface area contributed by atoms with Gasteiger partial charge >= 0.3 is 0 Å². The molecule has 2 aromatic rings. The van der Waals surface area contributed by atoms with E-state index >= 15 is 0 Å². The summed E-state index contributed by atoms with van der Waals surface area (Å²) in [5.41, 5.74) is 0.800. The number of Topliss-reactive ketones (excluding diaryl/α,β-unsaturated/α-hetero) is 1. The van der Waals surface area contributed by atoms with Crippen LogP contribution in [-0.4, -0.2) is 5.78 Å². The second-order valence-electron chi connectivity index (χ2n) is 4.31. The zero-order valence-corrected chi connectivity index (χ0v) is 11.7. The Bertz CT molecular complexity index is 587. The Kier molecular flexibility index (Phi) is 4.32. The van der Waals surface area contributed by atoms with E-state index in [-0.39, 0.29) is 5.78 Å². The van der Waals surface area contributed by atoms with Crippen LogP contribution in [0.15, 0.2) is 53.5 Å². The molecule has 0 atom stereocenters. The maximum absolute atomic E-state index is 12.0. The second kappa shape index (κ2) is 5.96. The molecule has 0 bridgehead atoms. The van der Waals surface area contributed by atoms with E-state index in [9.17, 15) is 4.79 Å². The van der Waals surface area contributed by atoms with E-state index in [4.69, 9.17) is 0 Å². The molecule has 92 valence electrons. The lowest BCUT2D eigenvalue weighted by molar-refractivity contribution is 0.0980. The average Bonchev–Trinajstić information content (AvgIpc) is 2.38. The number of ketones is 1. The van der Waals surface area contributed by atoms with E-state index in [0.717, 1.165) is 33.7 Å². The number of allylic oxidation sites excluding steroid dienone is 1. The molecule has 2 heteroatoms. The zero-order chi connectivity index (χ0) is 13.0. The molecular weight excluding hydrogens is 288 g/mol. The number of fused-ring (bicyclic) bond motifs is 1. The average molecular weight is 303 g/mol. The van der Waals surface area contributed by atoms with Crippen LogP contribution in [0.4, 0.5) is 0 Å². The first kappa shape index (κ1) is 13.0. The smallest absolute Gasteiger partial charge is 0.162 e. The van der Waals surface area contributed by atoms with Gasteiger partial charge in [0.25, 0.3) is 0 Å². The monoisotopic (exact) mass is 302 g/mol. The van der Waals surface area contributed by atoms with Crippen molar-refractivity contribution in [3.05, 3.63) is 59.1 Å². The summed E-state index contributed by atoms with van der Waals surface area (Å²) in [6.07, 6.45) is 4.21. The molecule has 0 radical (unpaired) electrons. The third kappa shape index (κ3) is 3.08. The quantitative estimate of drug-likeness (QED) is 0.424. The van der Waals surface area contributed by atoms with Crippen molar-refractivity contribution in [1.29, 1.82) is 0 Å². The predicted octanol–water partition coefficient (Wildman–Crippen LogP) is 5.14. The summed E-state index contributed by atoms with van der Waals surface area (Å²) in [5.74, 6) is 0.210. The van der Waals surface area contributed by atoms with Gasteiger partial charge in [-0.1, -0.05) is 40.2 Å². The predicted molar refractivity (Wildman–Crippen MR) is 80.0 cm³/mol. The number of benzene rings is 2. The van der Waals surface area contributed by atoms with E-state index in [2.05, 4.69) is 28.6 Å². The summed E-state index contributed by atoms with van der Waals surface area (Å²) >= 11 is 3.45. The lowest BCUT2D eigenvalue weighted by Crippen LogP contribution is -1.98. The highest BCUT2D eigenvalue weighted by atomic mass is 79.9. The van der Waals surface area contributed by atoms with Gasteiger partial charge in [-0.25, -0.2) is 0 Å². The molecule has 0 aromatic heterocycles. The third-order valence-corrected chi connectivity index (χ3v) is 3.43. The van der Waals surface area contributed by atoms with Gasteiger partial charge in [-0.2, -0.15) is 0 Å². The lowest BCUT2D eigenvalue weighted by Gasteiger charge is -2.03. The first-order valence-corrected chi connectivity index (χ1v) is 6.83. The molecule has 2 aromatic carbocycles. The summed E-state index contributed by atoms with van der Waals surface area (Å²) in [4.78, 5) is 12.0. The van der Waals surface area contributed by atoms with Crippen LogP contribution in [0.25, 0.3) is 10.8 Å². The van der Waals surface area contributed by atoms with Gasteiger partial charge in [0.15, 0.2) is 5.78 Å². The van der Waals surface area contributed by atoms with Crippen LogP contribution in [0.2, 0.25) is 0 Å². The van der Waals surface area contributed by atoms with E-state index < -0.39 is 0 Å². The number of carbonyl (C=O) groups is 1. The van der Waals surface area contributed by atoms with Crippen molar-refractivity contribution >= 4 is 32.5 Å². The third-order valence-electron chi connectivity index (χ3n) is 2.94. The minimum atomic E-state index is 0.210. The van der Waals surface area contributed by atoms with Crippen molar-refractivity contribution in [1.82, 2.24) is 0 Å². The largest absolute Gasteiger partial charge is 0.294 e. The van der Waals surface area contributed by atoms with E-state index in [1.807, 2.05) is 36.4 Å². The van der Waals surface area contributed by atoms with Crippen molar-refractivity contribution in [2.75, 3.05) is 0 Å². The summed E-state index contributed by atoms with van der Waals surface area (Å²) < 4.78 is 1.06. The van der Waals surface area contributed by atoms with Crippen LogP contribution in [0.1, 0.15) is 29.6 Å². The SMILES string of the molecule is C=CCCCC(=O)c1ccc2cc(Br)ccc2c1. The minimum Gasteiger partial charge on any atom is -0.294 e. The first-order valence-electron chi connectivity index (χ1n) is 6.04. The molecule has 1 nitrogen and oxygen atoms in total. The number of halogens is 1. The Hall–Kier alpha value is -1.41. The van der Waals surface area contributed by atoms with Crippen molar-refractivity contribution in [3.63, 3.8) is 0 Å². The van der Waals surface area contributed by atoms with Crippen LogP contribution in [-0.2, 0) is 0 Å². The van der Waals surface area contributed by atoms with Crippen molar-refractivity contribution in [2.24, 2.45) is 0 Å². The summed E-state index contributed by atoms with van der Waals surface area (Å²) in [7, 11) is 0. The molecule has 0 aliphatic rings. The van der Waals surface area contributed by atoms with Crippen LogP contribution >= 0.6 is 15.9 Å². The molecule has 18 heavy (non-hydrogen) atoms. The van der Waals surface area contributed by atoms with Gasteiger partial charge in [-0.15, -0.1) is 6.58 Å². The Morgan fingerprint density at radius 1 is 1.17 bits per heavy atom. The van der Waals surface area contributed by atoms with E-state index in [0.29, 0.717) is 6.42 Å². The second-order valence-corrected chi connectivity index (χ2v) is 5.23. The maximum atomic E-state index is 12.0. The fraction of sp³-hybridized carbons (Fsp3) is 0.188. The van der Waals surface area contributed by atoms with Crippen LogP contribution in [0.5, 0.6) is 0 Å². The number of hydrogen-bond donors (Lipinski definition) is 0. The Balaban J connectivity index is 2.21. The molecule has 2 rings (SSSR count). The van der Waals surface area contributed by atoms with Crippen LogP contribution in [0.3, 0.4) is 0 Å². The van der Waals surface area contributed by atoms with Crippen LogP contribution < -0.4 is 0 Å². The van der Waals surface area contributed by atoms with Gasteiger partial charge in [0, 0.05) is 16.5 Å². The molecule has 0 amide bonds. The summed E-state index contributed by atoms with van der Waals surface area (Å²) in [6, 6.07) is 12.0. The van der Waals surface area contributed by atoms with Gasteiger partial charge in [0.2, 0.25) is 0 Å². The Morgan fingerprint density at radius 2 is 1.89 bits per heavy atom. The normalized spacial score (nSPS) is 10.5. The zero-order valence-electron chi connectivity index (χ0n) is 10.2. The molecular formula is C16H15BrO. The summed E-state index contributed by atoms with van der Waals surface area (Å²) in [6.45, 7) is 3.66. The molecule has 0 heterocycles. The fourth-order valence-corrected chi connectivity index (χ4v) is 2.32.